The summed E-state index contributed by atoms with van der Waals surface area (Å²) in [6.07, 6.45) is 0. The third-order valence-electron chi connectivity index (χ3n) is 2.00. The molecule has 0 saturated heterocycles. The van der Waals surface area contributed by atoms with Gasteiger partial charge in [-0.1, -0.05) is 0 Å². The van der Waals surface area contributed by atoms with Crippen molar-refractivity contribution in [3.63, 3.8) is 0 Å². The van der Waals surface area contributed by atoms with Crippen LogP contribution in [0.1, 0.15) is 0 Å². The van der Waals surface area contributed by atoms with Crippen molar-refractivity contribution in [3.05, 3.63) is 54.6 Å². The second-order valence-corrected chi connectivity index (χ2v) is 4.38. The third-order valence-corrected chi connectivity index (χ3v) is 3.02. The van der Waals surface area contributed by atoms with Crippen LogP contribution in [0.2, 0.25) is 0 Å². The van der Waals surface area contributed by atoms with Gasteiger partial charge in [0.15, 0.2) is 0 Å². The van der Waals surface area contributed by atoms with E-state index in [1.165, 1.54) is 14.0 Å². The summed E-state index contributed by atoms with van der Waals surface area (Å²) in [7, 11) is 0. The number of rotatable bonds is 2. The molecule has 0 N–H and O–H groups in total. The fourth-order valence-electron chi connectivity index (χ4n) is 1.23. The normalized spacial score (nSPS) is 10.1. The molecule has 0 aliphatic carbocycles. The van der Waals surface area contributed by atoms with Crippen molar-refractivity contribution in [1.29, 1.82) is 0 Å². The summed E-state index contributed by atoms with van der Waals surface area (Å²) in [6.45, 7) is 0. The van der Waals surface area contributed by atoms with Crippen molar-refractivity contribution in [3.8, 4) is 0 Å². The molecular formula is C12H9LiS. The zero-order valence-electron chi connectivity index (χ0n) is 8.10. The molecule has 0 aromatic heterocycles. The summed E-state index contributed by atoms with van der Waals surface area (Å²) in [5, 5.41) is 0. The Balaban J connectivity index is 2.16. The van der Waals surface area contributed by atoms with E-state index < -0.39 is 0 Å². The van der Waals surface area contributed by atoms with Crippen LogP contribution in [-0.4, -0.2) is 17.7 Å². The molecule has 0 aliphatic heterocycles. The fourth-order valence-corrected chi connectivity index (χ4v) is 2.07. The van der Waals surface area contributed by atoms with E-state index >= 15 is 0 Å². The molecule has 14 heavy (non-hydrogen) atoms. The summed E-state index contributed by atoms with van der Waals surface area (Å²) in [4.78, 5) is 2.58. The van der Waals surface area contributed by atoms with Crippen molar-refractivity contribution < 1.29 is 0 Å². The average molecular weight is 192 g/mol. The Morgan fingerprint density at radius 1 is 0.714 bits per heavy atom. The van der Waals surface area contributed by atoms with E-state index in [1.54, 1.807) is 11.8 Å². The van der Waals surface area contributed by atoms with Gasteiger partial charge < -0.3 is 0 Å². The SMILES string of the molecule is [Li][c]1ccc(Sc2ccccc2)cc1. The van der Waals surface area contributed by atoms with Gasteiger partial charge in [-0.2, -0.15) is 0 Å². The zero-order chi connectivity index (χ0) is 9.80. The van der Waals surface area contributed by atoms with Crippen LogP contribution < -0.4 is 4.24 Å². The maximum absolute atomic E-state index is 2.16. The first-order valence-electron chi connectivity index (χ1n) is 4.64. The molecular weight excluding hydrogens is 183 g/mol. The van der Waals surface area contributed by atoms with E-state index in [-0.39, 0.29) is 0 Å². The van der Waals surface area contributed by atoms with Crippen molar-refractivity contribution >= 4 is 33.7 Å². The monoisotopic (exact) mass is 192 g/mol. The van der Waals surface area contributed by atoms with Gasteiger partial charge in [0.25, 0.3) is 0 Å². The van der Waals surface area contributed by atoms with Crippen molar-refractivity contribution in [2.45, 2.75) is 9.79 Å². The van der Waals surface area contributed by atoms with Crippen LogP contribution >= 0.6 is 11.8 Å². The van der Waals surface area contributed by atoms with Crippen LogP contribution in [0.25, 0.3) is 0 Å². The second kappa shape index (κ2) is 4.75. The van der Waals surface area contributed by atoms with Gasteiger partial charge in [0, 0.05) is 0 Å². The van der Waals surface area contributed by atoms with Crippen LogP contribution in [-0.2, 0) is 0 Å². The van der Waals surface area contributed by atoms with Crippen molar-refractivity contribution in [2.75, 3.05) is 0 Å². The van der Waals surface area contributed by atoms with Crippen molar-refractivity contribution in [2.24, 2.45) is 0 Å². The maximum atomic E-state index is 2.16. The second-order valence-electron chi connectivity index (χ2n) is 3.23. The quantitative estimate of drug-likeness (QED) is 0.659. The van der Waals surface area contributed by atoms with Gasteiger partial charge in [0.2, 0.25) is 0 Å². The average Bonchev–Trinajstić information content (AvgIpc) is 2.23. The van der Waals surface area contributed by atoms with Gasteiger partial charge in [0.1, 0.15) is 0 Å². The van der Waals surface area contributed by atoms with Gasteiger partial charge >= 0.3 is 98.1 Å². The van der Waals surface area contributed by atoms with E-state index in [0.29, 0.717) is 0 Å². The Labute approximate surface area is 97.9 Å². The van der Waals surface area contributed by atoms with E-state index in [4.69, 9.17) is 0 Å². The van der Waals surface area contributed by atoms with Gasteiger partial charge in [-0.3, -0.25) is 0 Å². The molecule has 0 bridgehead atoms. The van der Waals surface area contributed by atoms with Gasteiger partial charge in [0.05, 0.1) is 0 Å². The number of benzene rings is 2. The first-order chi connectivity index (χ1) is 6.84. The zero-order valence-corrected chi connectivity index (χ0v) is 8.92. The van der Waals surface area contributed by atoms with E-state index in [1.807, 2.05) is 6.07 Å². The van der Waals surface area contributed by atoms with Crippen LogP contribution in [0.4, 0.5) is 0 Å². The Morgan fingerprint density at radius 2 is 1.29 bits per heavy atom. The van der Waals surface area contributed by atoms with Crippen LogP contribution in [0.3, 0.4) is 0 Å². The summed E-state index contributed by atoms with van der Waals surface area (Å²) in [5.41, 5.74) is 0. The number of hydrogen-bond acceptors (Lipinski definition) is 1. The third kappa shape index (κ3) is 2.69. The molecule has 0 amide bonds. The Hall–Kier alpha value is -0.613. The van der Waals surface area contributed by atoms with Crippen LogP contribution in [0.5, 0.6) is 0 Å². The Bertz CT molecular complexity index is 394. The molecule has 2 heteroatoms. The first kappa shape index (κ1) is 9.92. The van der Waals surface area contributed by atoms with Crippen molar-refractivity contribution in [1.82, 2.24) is 0 Å². The number of hydrogen-bond donors (Lipinski definition) is 0. The summed E-state index contributed by atoms with van der Waals surface area (Å²) in [5.74, 6) is 0. The Kier molecular flexibility index (Phi) is 3.37. The summed E-state index contributed by atoms with van der Waals surface area (Å²) >= 11 is 3.90. The molecule has 64 valence electrons. The van der Waals surface area contributed by atoms with E-state index in [2.05, 4.69) is 66.2 Å². The molecule has 0 heterocycles. The topological polar surface area (TPSA) is 0 Å². The molecule has 0 spiro atoms. The standard InChI is InChI=1S/C12H9S.Li/c1-3-7-11(8-4-1)13-12-9-5-2-6-10-12;/h1,3-10H;. The summed E-state index contributed by atoms with van der Waals surface area (Å²) < 4.78 is 1.31. The minimum absolute atomic E-state index is 1.29. The molecule has 0 radical (unpaired) electrons. The molecule has 0 aliphatic rings. The van der Waals surface area contributed by atoms with E-state index in [0.717, 1.165) is 0 Å². The minimum atomic E-state index is 1.29. The first-order valence-corrected chi connectivity index (χ1v) is 5.46. The molecule has 2 rings (SSSR count). The summed E-state index contributed by atoms with van der Waals surface area (Å²) in [6, 6.07) is 19.0. The molecule has 0 atom stereocenters. The van der Waals surface area contributed by atoms with Gasteiger partial charge in [-0.15, -0.1) is 0 Å². The van der Waals surface area contributed by atoms with Gasteiger partial charge in [-0.25, -0.2) is 0 Å². The predicted octanol–water partition coefficient (Wildman–Crippen LogP) is 2.63. The van der Waals surface area contributed by atoms with Crippen LogP contribution in [0, 0.1) is 0 Å². The molecule has 0 saturated carbocycles. The molecule has 2 aromatic rings. The molecule has 0 nitrogen and oxygen atoms in total. The van der Waals surface area contributed by atoms with Gasteiger partial charge in [-0.05, 0) is 0 Å². The predicted molar refractivity (Wildman–Crippen MR) is 62.4 cm³/mol. The Morgan fingerprint density at radius 3 is 1.93 bits per heavy atom. The molecule has 2 aromatic carbocycles. The molecule has 0 unspecified atom stereocenters. The van der Waals surface area contributed by atoms with E-state index in [9.17, 15) is 0 Å². The fraction of sp³-hybridized carbons (Fsp3) is 0. The van der Waals surface area contributed by atoms with Crippen LogP contribution in [0.15, 0.2) is 64.4 Å². The molecule has 0 fully saturated rings.